The summed E-state index contributed by atoms with van der Waals surface area (Å²) in [5, 5.41) is 11.2. The molecule has 0 fully saturated rings. The van der Waals surface area contributed by atoms with E-state index in [1.54, 1.807) is 39.0 Å². The maximum Gasteiger partial charge on any atom is 0.408 e. The highest BCUT2D eigenvalue weighted by molar-refractivity contribution is 5.83. The lowest BCUT2D eigenvalue weighted by atomic mass is 10.1. The maximum atomic E-state index is 12.3. The molecule has 0 saturated carbocycles. The molecule has 0 aliphatic heterocycles. The van der Waals surface area contributed by atoms with Gasteiger partial charge in [0.15, 0.2) is 0 Å². The first-order valence-corrected chi connectivity index (χ1v) is 7.56. The van der Waals surface area contributed by atoms with Crippen molar-refractivity contribution in [2.75, 3.05) is 0 Å². The molecule has 0 aliphatic carbocycles. The summed E-state index contributed by atoms with van der Waals surface area (Å²) >= 11 is 0. The first-order valence-electron chi connectivity index (χ1n) is 7.56. The smallest absolute Gasteiger partial charge is 0.408 e. The minimum atomic E-state index is -1.11. The monoisotopic (exact) mass is 337 g/mol. The fourth-order valence-corrected chi connectivity index (χ4v) is 1.83. The van der Waals surface area contributed by atoms with Gasteiger partial charge in [-0.15, -0.1) is 0 Å². The summed E-state index contributed by atoms with van der Waals surface area (Å²) in [6.45, 7) is 6.90. The molecule has 0 aliphatic rings. The van der Waals surface area contributed by atoms with Crippen LogP contribution in [0.4, 0.5) is 4.79 Å². The van der Waals surface area contributed by atoms with Crippen molar-refractivity contribution in [1.82, 2.24) is 5.32 Å². The van der Waals surface area contributed by atoms with E-state index >= 15 is 0 Å². The second-order valence-electron chi connectivity index (χ2n) is 6.37. The molecule has 1 atom stereocenters. The second-order valence-corrected chi connectivity index (χ2v) is 6.37. The van der Waals surface area contributed by atoms with Crippen LogP contribution in [-0.4, -0.2) is 34.8 Å². The molecule has 1 aromatic rings. The largest absolute Gasteiger partial charge is 0.481 e. The third kappa shape index (κ3) is 7.62. The van der Waals surface area contributed by atoms with Crippen molar-refractivity contribution in [2.24, 2.45) is 0 Å². The summed E-state index contributed by atoms with van der Waals surface area (Å²) in [7, 11) is 0. The van der Waals surface area contributed by atoms with Crippen LogP contribution in [0.2, 0.25) is 0 Å². The molecule has 0 unspecified atom stereocenters. The molecule has 1 aromatic carbocycles. The zero-order valence-corrected chi connectivity index (χ0v) is 14.3. The summed E-state index contributed by atoms with van der Waals surface area (Å²) in [5.74, 6) is -1.49. The van der Waals surface area contributed by atoms with Gasteiger partial charge in [-0.3, -0.25) is 4.79 Å². The Hall–Kier alpha value is -2.57. The molecule has 0 bridgehead atoms. The van der Waals surface area contributed by atoms with Crippen molar-refractivity contribution in [3.63, 3.8) is 0 Å². The number of aliphatic carboxylic acids is 1. The van der Waals surface area contributed by atoms with Crippen LogP contribution in [0.25, 0.3) is 0 Å². The third-order valence-electron chi connectivity index (χ3n) is 2.83. The number of carbonyl (C=O) groups excluding carboxylic acids is 2. The Labute approximate surface area is 141 Å². The maximum absolute atomic E-state index is 12.3. The van der Waals surface area contributed by atoms with E-state index in [1.807, 2.05) is 13.0 Å². The van der Waals surface area contributed by atoms with Gasteiger partial charge in [0.25, 0.3) is 0 Å². The fraction of sp³-hybridized carbons (Fsp3) is 0.471. The molecular formula is C17H23NO6. The lowest BCUT2D eigenvalue weighted by Crippen LogP contribution is -2.45. The van der Waals surface area contributed by atoms with Gasteiger partial charge >= 0.3 is 18.0 Å². The predicted molar refractivity (Wildman–Crippen MR) is 86.8 cm³/mol. The van der Waals surface area contributed by atoms with Crippen molar-refractivity contribution in [1.29, 1.82) is 0 Å². The molecule has 1 amide bonds. The summed E-state index contributed by atoms with van der Waals surface area (Å²) in [5.41, 5.74) is 0.171. The predicted octanol–water partition coefficient (Wildman–Crippen LogP) is 2.66. The van der Waals surface area contributed by atoms with Crippen LogP contribution in [0.15, 0.2) is 24.3 Å². The molecule has 0 saturated heterocycles. The van der Waals surface area contributed by atoms with Crippen molar-refractivity contribution >= 4 is 18.0 Å². The lowest BCUT2D eigenvalue weighted by molar-refractivity contribution is -0.139. The molecule has 24 heavy (non-hydrogen) atoms. The van der Waals surface area contributed by atoms with Crippen LogP contribution in [0.3, 0.4) is 0 Å². The summed E-state index contributed by atoms with van der Waals surface area (Å²) in [6.07, 6.45) is -1.19. The molecule has 0 spiro atoms. The molecule has 7 heteroatoms. The summed E-state index contributed by atoms with van der Waals surface area (Å²) < 4.78 is 10.3. The Morgan fingerprint density at radius 2 is 1.92 bits per heavy atom. The molecule has 2 N–H and O–H groups in total. The zero-order chi connectivity index (χ0) is 18.3. The number of nitrogens with one attached hydrogen (secondary N) is 1. The van der Waals surface area contributed by atoms with E-state index < -0.39 is 29.7 Å². The van der Waals surface area contributed by atoms with Gasteiger partial charge in [0.05, 0.1) is 0 Å². The van der Waals surface area contributed by atoms with Crippen LogP contribution >= 0.6 is 0 Å². The van der Waals surface area contributed by atoms with Crippen LogP contribution in [0, 0.1) is 6.92 Å². The van der Waals surface area contributed by atoms with Gasteiger partial charge in [0, 0.05) is 6.42 Å². The van der Waals surface area contributed by atoms with Gasteiger partial charge in [0.2, 0.25) is 0 Å². The normalized spacial score (nSPS) is 12.2. The number of rotatable bonds is 6. The Kier molecular flexibility index (Phi) is 6.76. The van der Waals surface area contributed by atoms with Gasteiger partial charge in [-0.05, 0) is 51.8 Å². The Balaban J connectivity index is 2.77. The highest BCUT2D eigenvalue weighted by Gasteiger charge is 2.26. The molecule has 0 radical (unpaired) electrons. The molecule has 1 rings (SSSR count). The first-order chi connectivity index (χ1) is 11.1. The van der Waals surface area contributed by atoms with E-state index in [1.165, 1.54) is 0 Å². The van der Waals surface area contributed by atoms with Gasteiger partial charge in [-0.2, -0.15) is 0 Å². The average molecular weight is 337 g/mol. The van der Waals surface area contributed by atoms with E-state index in [9.17, 15) is 14.4 Å². The van der Waals surface area contributed by atoms with Crippen molar-refractivity contribution in [2.45, 2.75) is 52.2 Å². The quantitative estimate of drug-likeness (QED) is 0.611. The van der Waals surface area contributed by atoms with Crippen molar-refractivity contribution in [3.05, 3.63) is 29.8 Å². The van der Waals surface area contributed by atoms with Crippen LogP contribution in [0.5, 0.6) is 5.75 Å². The minimum absolute atomic E-state index is 0.0980. The van der Waals surface area contributed by atoms with Crippen molar-refractivity contribution in [3.8, 4) is 5.75 Å². The number of ether oxygens (including phenoxy) is 2. The van der Waals surface area contributed by atoms with Gasteiger partial charge in [0.1, 0.15) is 17.4 Å². The van der Waals surface area contributed by atoms with E-state index in [2.05, 4.69) is 5.32 Å². The molecule has 132 valence electrons. The van der Waals surface area contributed by atoms with Gasteiger partial charge in [-0.25, -0.2) is 9.59 Å². The number of alkyl carbamates (subject to hydrolysis) is 1. The molecule has 0 heterocycles. The Bertz CT molecular complexity index is 605. The summed E-state index contributed by atoms with van der Waals surface area (Å²) in [6, 6.07) is 5.73. The fourth-order valence-electron chi connectivity index (χ4n) is 1.83. The third-order valence-corrected chi connectivity index (χ3v) is 2.83. The van der Waals surface area contributed by atoms with Crippen LogP contribution in [0.1, 0.15) is 39.2 Å². The number of esters is 1. The number of benzene rings is 1. The number of aryl methyl sites for hydroxylation is 1. The molecule has 0 aromatic heterocycles. The van der Waals surface area contributed by atoms with Gasteiger partial charge in [-0.1, -0.05) is 12.1 Å². The molecule has 7 nitrogen and oxygen atoms in total. The van der Waals surface area contributed by atoms with Crippen LogP contribution < -0.4 is 10.1 Å². The van der Waals surface area contributed by atoms with E-state index in [0.29, 0.717) is 5.75 Å². The number of carbonyl (C=O) groups is 3. The highest BCUT2D eigenvalue weighted by atomic mass is 16.6. The minimum Gasteiger partial charge on any atom is -0.481 e. The SMILES string of the molecule is Cc1cccc(OC(=O)[C@@H](CCC(=O)O)NC(=O)OC(C)(C)C)c1. The van der Waals surface area contributed by atoms with Crippen molar-refractivity contribution < 1.29 is 29.0 Å². The highest BCUT2D eigenvalue weighted by Crippen LogP contribution is 2.14. The average Bonchev–Trinajstić information content (AvgIpc) is 2.41. The number of hydrogen-bond donors (Lipinski definition) is 2. The number of hydrogen-bond acceptors (Lipinski definition) is 5. The number of carboxylic acid groups (broad SMARTS) is 1. The van der Waals surface area contributed by atoms with Gasteiger partial charge < -0.3 is 19.9 Å². The first kappa shape index (κ1) is 19.5. The zero-order valence-electron chi connectivity index (χ0n) is 14.3. The summed E-state index contributed by atoms with van der Waals surface area (Å²) in [4.78, 5) is 34.8. The van der Waals surface area contributed by atoms with E-state index in [-0.39, 0.29) is 12.8 Å². The topological polar surface area (TPSA) is 102 Å². The van der Waals surface area contributed by atoms with E-state index in [4.69, 9.17) is 14.6 Å². The lowest BCUT2D eigenvalue weighted by Gasteiger charge is -2.22. The molecular weight excluding hydrogens is 314 g/mol. The number of amides is 1. The Morgan fingerprint density at radius 1 is 1.25 bits per heavy atom. The van der Waals surface area contributed by atoms with Crippen LogP contribution in [-0.2, 0) is 14.3 Å². The standard InChI is InChI=1S/C17H23NO6/c1-11-6-5-7-12(10-11)23-15(21)13(8-9-14(19)20)18-16(22)24-17(2,3)4/h5-7,10,13H,8-9H2,1-4H3,(H,18,22)(H,19,20)/t13-/m1/s1. The van der Waals surface area contributed by atoms with E-state index in [0.717, 1.165) is 5.56 Å². The number of carboxylic acids is 1. The second kappa shape index (κ2) is 8.33. The Morgan fingerprint density at radius 3 is 2.46 bits per heavy atom.